The van der Waals surface area contributed by atoms with Crippen LogP contribution < -0.4 is 0 Å². The Balaban J connectivity index is 1.34. The van der Waals surface area contributed by atoms with E-state index in [1.165, 1.54) is 6.42 Å². The summed E-state index contributed by atoms with van der Waals surface area (Å²) in [6.45, 7) is 6.91. The Morgan fingerprint density at radius 1 is 1.20 bits per heavy atom. The fraction of sp³-hybridized carbons (Fsp3) is 0.579. The quantitative estimate of drug-likeness (QED) is 0.847. The van der Waals surface area contributed by atoms with Gasteiger partial charge in [0.15, 0.2) is 0 Å². The maximum absolute atomic E-state index is 12.7. The first-order chi connectivity index (χ1) is 12.3. The molecule has 0 aliphatic carbocycles. The Bertz CT molecular complexity index is 723. The van der Waals surface area contributed by atoms with Crippen molar-refractivity contribution >= 4 is 16.8 Å². The van der Waals surface area contributed by atoms with Crippen LogP contribution >= 0.6 is 0 Å². The van der Waals surface area contributed by atoms with Gasteiger partial charge in [-0.1, -0.05) is 18.2 Å². The van der Waals surface area contributed by atoms with Crippen LogP contribution in [-0.2, 0) is 16.1 Å². The number of amides is 1. The highest BCUT2D eigenvalue weighted by Gasteiger charge is 2.23. The van der Waals surface area contributed by atoms with Crippen LogP contribution in [-0.4, -0.2) is 71.4 Å². The normalized spacial score (nSPS) is 22.4. The van der Waals surface area contributed by atoms with Gasteiger partial charge in [-0.05, 0) is 31.4 Å². The van der Waals surface area contributed by atoms with Crippen LogP contribution in [0, 0.1) is 5.92 Å². The summed E-state index contributed by atoms with van der Waals surface area (Å²) in [7, 11) is 0. The van der Waals surface area contributed by atoms with Gasteiger partial charge in [0.1, 0.15) is 6.54 Å². The van der Waals surface area contributed by atoms with Crippen molar-refractivity contribution in [2.24, 2.45) is 5.92 Å². The standard InChI is InChI=1S/C19H26N4O2/c24-19(14-23-18-5-2-1-4-17(18)12-20-23)22-8-3-7-21(9-10-22)13-16-6-11-25-15-16/h1-2,4-5,12,16H,3,6-11,13-15H2. The lowest BCUT2D eigenvalue weighted by molar-refractivity contribution is -0.131. The Hall–Kier alpha value is -1.92. The minimum Gasteiger partial charge on any atom is -0.381 e. The van der Waals surface area contributed by atoms with E-state index in [1.807, 2.05) is 40.0 Å². The molecule has 2 aliphatic heterocycles. The largest absolute Gasteiger partial charge is 0.381 e. The molecule has 6 heteroatoms. The highest BCUT2D eigenvalue weighted by atomic mass is 16.5. The third-order valence-electron chi connectivity index (χ3n) is 5.32. The molecule has 2 fully saturated rings. The molecule has 0 N–H and O–H groups in total. The average molecular weight is 342 g/mol. The molecule has 1 unspecified atom stereocenters. The molecule has 2 saturated heterocycles. The molecule has 0 saturated carbocycles. The van der Waals surface area contributed by atoms with Crippen molar-refractivity contribution < 1.29 is 9.53 Å². The van der Waals surface area contributed by atoms with Gasteiger partial charge in [0.2, 0.25) is 5.91 Å². The van der Waals surface area contributed by atoms with Crippen molar-refractivity contribution in [3.8, 4) is 0 Å². The number of rotatable bonds is 4. The highest BCUT2D eigenvalue weighted by Crippen LogP contribution is 2.16. The molecular weight excluding hydrogens is 316 g/mol. The van der Waals surface area contributed by atoms with Gasteiger partial charge in [0.25, 0.3) is 0 Å². The fourth-order valence-electron chi connectivity index (χ4n) is 3.88. The first-order valence-electron chi connectivity index (χ1n) is 9.28. The van der Waals surface area contributed by atoms with Gasteiger partial charge in [-0.25, -0.2) is 0 Å². The number of nitrogens with zero attached hydrogens (tertiary/aromatic N) is 4. The number of aromatic nitrogens is 2. The second kappa shape index (κ2) is 7.54. The van der Waals surface area contributed by atoms with Gasteiger partial charge >= 0.3 is 0 Å². The minimum atomic E-state index is 0.167. The summed E-state index contributed by atoms with van der Waals surface area (Å²) in [5.41, 5.74) is 1.02. The van der Waals surface area contributed by atoms with Crippen LogP contribution in [0.2, 0.25) is 0 Å². The summed E-state index contributed by atoms with van der Waals surface area (Å²) in [5.74, 6) is 0.831. The summed E-state index contributed by atoms with van der Waals surface area (Å²) in [5, 5.41) is 5.46. The summed E-state index contributed by atoms with van der Waals surface area (Å²) < 4.78 is 7.30. The number of carbonyl (C=O) groups excluding carboxylic acids is 1. The van der Waals surface area contributed by atoms with Crippen molar-refractivity contribution in [3.63, 3.8) is 0 Å². The van der Waals surface area contributed by atoms with E-state index in [-0.39, 0.29) is 5.91 Å². The molecule has 3 heterocycles. The van der Waals surface area contributed by atoms with E-state index in [0.717, 1.165) is 63.3 Å². The van der Waals surface area contributed by atoms with Crippen LogP contribution in [0.25, 0.3) is 10.9 Å². The number of benzene rings is 1. The van der Waals surface area contributed by atoms with Gasteiger partial charge in [-0.2, -0.15) is 5.10 Å². The highest BCUT2D eigenvalue weighted by molar-refractivity contribution is 5.82. The van der Waals surface area contributed by atoms with Gasteiger partial charge in [-0.3, -0.25) is 9.48 Å². The SMILES string of the molecule is O=C(Cn1ncc2ccccc21)N1CCCN(CC2CCOC2)CC1. The number of carbonyl (C=O) groups is 1. The van der Waals surface area contributed by atoms with Gasteiger partial charge in [0, 0.05) is 38.2 Å². The smallest absolute Gasteiger partial charge is 0.244 e. The van der Waals surface area contributed by atoms with Crippen molar-refractivity contribution in [3.05, 3.63) is 30.5 Å². The summed E-state index contributed by atoms with van der Waals surface area (Å²) in [6, 6.07) is 8.03. The van der Waals surface area contributed by atoms with Gasteiger partial charge < -0.3 is 14.5 Å². The van der Waals surface area contributed by atoms with E-state index in [2.05, 4.69) is 10.00 Å². The van der Waals surface area contributed by atoms with Crippen LogP contribution in [0.4, 0.5) is 0 Å². The van der Waals surface area contributed by atoms with E-state index in [1.54, 1.807) is 0 Å². The van der Waals surface area contributed by atoms with Crippen molar-refractivity contribution in [1.82, 2.24) is 19.6 Å². The molecule has 2 aromatic rings. The molecule has 1 aromatic heterocycles. The Labute approximate surface area is 148 Å². The lowest BCUT2D eigenvalue weighted by Crippen LogP contribution is -2.38. The maximum atomic E-state index is 12.7. The molecule has 0 spiro atoms. The lowest BCUT2D eigenvalue weighted by Gasteiger charge is -2.24. The number of ether oxygens (including phenoxy) is 1. The van der Waals surface area contributed by atoms with E-state index >= 15 is 0 Å². The molecule has 4 rings (SSSR count). The zero-order valence-corrected chi connectivity index (χ0v) is 14.6. The van der Waals surface area contributed by atoms with Crippen molar-refractivity contribution in [1.29, 1.82) is 0 Å². The van der Waals surface area contributed by atoms with E-state index in [4.69, 9.17) is 4.74 Å². The molecule has 1 atom stereocenters. The number of fused-ring (bicyclic) bond motifs is 1. The average Bonchev–Trinajstić information content (AvgIpc) is 3.21. The predicted molar refractivity (Wildman–Crippen MR) is 96.3 cm³/mol. The minimum absolute atomic E-state index is 0.167. The molecular formula is C19H26N4O2. The van der Waals surface area contributed by atoms with Crippen LogP contribution in [0.1, 0.15) is 12.8 Å². The Morgan fingerprint density at radius 2 is 2.12 bits per heavy atom. The first kappa shape index (κ1) is 16.5. The predicted octanol–water partition coefficient (Wildman–Crippen LogP) is 1.61. The fourth-order valence-corrected chi connectivity index (χ4v) is 3.88. The van der Waals surface area contributed by atoms with Crippen LogP contribution in [0.3, 0.4) is 0 Å². The summed E-state index contributed by atoms with van der Waals surface area (Å²) in [6.07, 6.45) is 4.04. The van der Waals surface area contributed by atoms with Crippen LogP contribution in [0.15, 0.2) is 30.5 Å². The number of para-hydroxylation sites is 1. The summed E-state index contributed by atoms with van der Waals surface area (Å²) >= 11 is 0. The second-order valence-corrected chi connectivity index (χ2v) is 7.13. The molecule has 1 amide bonds. The molecule has 134 valence electrons. The molecule has 0 radical (unpaired) electrons. The summed E-state index contributed by atoms with van der Waals surface area (Å²) in [4.78, 5) is 17.2. The Morgan fingerprint density at radius 3 is 3.00 bits per heavy atom. The molecule has 6 nitrogen and oxygen atoms in total. The Kier molecular flexibility index (Phi) is 4.99. The number of hydrogen-bond donors (Lipinski definition) is 0. The molecule has 0 bridgehead atoms. The van der Waals surface area contributed by atoms with E-state index in [0.29, 0.717) is 12.5 Å². The molecule has 25 heavy (non-hydrogen) atoms. The van der Waals surface area contributed by atoms with E-state index in [9.17, 15) is 4.79 Å². The lowest BCUT2D eigenvalue weighted by atomic mass is 10.1. The van der Waals surface area contributed by atoms with Gasteiger partial charge in [0.05, 0.1) is 18.3 Å². The third kappa shape index (κ3) is 3.85. The monoisotopic (exact) mass is 342 g/mol. The zero-order valence-electron chi connectivity index (χ0n) is 14.6. The van der Waals surface area contributed by atoms with E-state index < -0.39 is 0 Å². The second-order valence-electron chi connectivity index (χ2n) is 7.13. The first-order valence-corrected chi connectivity index (χ1v) is 9.28. The molecule has 1 aromatic carbocycles. The third-order valence-corrected chi connectivity index (χ3v) is 5.32. The maximum Gasteiger partial charge on any atom is 0.244 e. The number of hydrogen-bond acceptors (Lipinski definition) is 4. The van der Waals surface area contributed by atoms with Crippen molar-refractivity contribution in [2.75, 3.05) is 45.9 Å². The van der Waals surface area contributed by atoms with Crippen LogP contribution in [0.5, 0.6) is 0 Å². The zero-order chi connectivity index (χ0) is 17.1. The van der Waals surface area contributed by atoms with Crippen molar-refractivity contribution in [2.45, 2.75) is 19.4 Å². The van der Waals surface area contributed by atoms with Gasteiger partial charge in [-0.15, -0.1) is 0 Å². The topological polar surface area (TPSA) is 50.6 Å². The molecule has 2 aliphatic rings.